The average Bonchev–Trinajstić information content (AvgIpc) is 2.85. The zero-order valence-electron chi connectivity index (χ0n) is 22.3. The van der Waals surface area contributed by atoms with Crippen LogP contribution in [-0.2, 0) is 20.5 Å². The molecule has 0 fully saturated rings. The summed E-state index contributed by atoms with van der Waals surface area (Å²) in [4.78, 5) is 23.5. The maximum absolute atomic E-state index is 13.6. The van der Waals surface area contributed by atoms with Crippen LogP contribution in [0.1, 0.15) is 39.2 Å². The number of amides is 1. The van der Waals surface area contributed by atoms with E-state index in [4.69, 9.17) is 15.2 Å². The molecule has 1 unspecified atom stereocenters. The molecule has 3 rings (SSSR count). The normalized spacial score (nSPS) is 12.5. The Bertz CT molecular complexity index is 1400. The number of methoxy groups -OCH3 is 1. The molecule has 13 heteroatoms. The predicted octanol–water partition coefficient (Wildman–Crippen LogP) is 4.14. The lowest BCUT2D eigenvalue weighted by Gasteiger charge is -2.31. The third-order valence-corrected chi connectivity index (χ3v) is 7.12. The summed E-state index contributed by atoms with van der Waals surface area (Å²) in [6.07, 6.45) is 1.38. The quantitative estimate of drug-likeness (QED) is 0.277. The Labute approximate surface area is 227 Å². The minimum absolute atomic E-state index is 0.115. The summed E-state index contributed by atoms with van der Waals surface area (Å²) in [6, 6.07) is 10.5. The fourth-order valence-electron chi connectivity index (χ4n) is 3.81. The molecule has 0 spiro atoms. The Balaban J connectivity index is 1.71. The molecule has 1 aromatic heterocycles. The van der Waals surface area contributed by atoms with Crippen molar-refractivity contribution < 1.29 is 27.1 Å². The number of carbonyl (C=O) groups is 1. The summed E-state index contributed by atoms with van der Waals surface area (Å²) in [7, 11) is -2.28. The van der Waals surface area contributed by atoms with Crippen LogP contribution in [0.25, 0.3) is 11.4 Å². The van der Waals surface area contributed by atoms with Crippen LogP contribution in [0.4, 0.5) is 20.8 Å². The minimum atomic E-state index is -3.71. The highest BCUT2D eigenvalue weighted by atomic mass is 32.2. The lowest BCUT2D eigenvalue weighted by molar-refractivity contribution is 0.150. The van der Waals surface area contributed by atoms with Crippen LogP contribution < -0.4 is 20.5 Å². The highest BCUT2D eigenvalue weighted by Gasteiger charge is 2.28. The molecule has 0 aliphatic heterocycles. The Hall–Kier alpha value is -3.84. The van der Waals surface area contributed by atoms with Gasteiger partial charge in [-0.15, -0.1) is 0 Å². The second-order valence-electron chi connectivity index (χ2n) is 9.91. The van der Waals surface area contributed by atoms with Crippen LogP contribution in [0.5, 0.6) is 5.75 Å². The zero-order valence-corrected chi connectivity index (χ0v) is 23.1. The van der Waals surface area contributed by atoms with Crippen molar-refractivity contribution in [3.05, 3.63) is 60.2 Å². The molecule has 3 aromatic rings. The van der Waals surface area contributed by atoms with E-state index in [-0.39, 0.29) is 41.3 Å². The monoisotopic (exact) mass is 560 g/mol. The van der Waals surface area contributed by atoms with Gasteiger partial charge in [-0.2, -0.15) is 4.98 Å². The van der Waals surface area contributed by atoms with Crippen LogP contribution >= 0.6 is 0 Å². The fourth-order valence-corrected chi connectivity index (χ4v) is 5.42. The van der Waals surface area contributed by atoms with Crippen LogP contribution in [0.2, 0.25) is 0 Å². The first-order valence-electron chi connectivity index (χ1n) is 12.2. The van der Waals surface area contributed by atoms with Crippen molar-refractivity contribution in [1.29, 1.82) is 0 Å². The smallest absolute Gasteiger partial charge is 0.404 e. The van der Waals surface area contributed by atoms with E-state index in [0.717, 1.165) is 0 Å². The van der Waals surface area contributed by atoms with E-state index < -0.39 is 21.9 Å². The summed E-state index contributed by atoms with van der Waals surface area (Å²) in [6.45, 7) is 5.92. The highest BCUT2D eigenvalue weighted by molar-refractivity contribution is 7.88. The van der Waals surface area contributed by atoms with Gasteiger partial charge in [0.1, 0.15) is 17.9 Å². The summed E-state index contributed by atoms with van der Waals surface area (Å²) >= 11 is 0. The molecule has 2 aromatic carbocycles. The number of primary amides is 1. The zero-order chi connectivity index (χ0) is 28.6. The van der Waals surface area contributed by atoms with Gasteiger partial charge in [-0.05, 0) is 48.1 Å². The Morgan fingerprint density at radius 1 is 1.15 bits per heavy atom. The molecule has 1 amide bonds. The van der Waals surface area contributed by atoms with Gasteiger partial charge in [-0.3, -0.25) is 0 Å². The van der Waals surface area contributed by atoms with Gasteiger partial charge in [0.15, 0.2) is 5.82 Å². The first kappa shape index (κ1) is 29.7. The number of anilines is 2. The lowest BCUT2D eigenvalue weighted by atomic mass is 9.85. The van der Waals surface area contributed by atoms with Crippen molar-refractivity contribution in [2.75, 3.05) is 19.0 Å². The van der Waals surface area contributed by atoms with Gasteiger partial charge in [0.25, 0.3) is 0 Å². The predicted molar refractivity (Wildman–Crippen MR) is 145 cm³/mol. The number of carbonyl (C=O) groups excluding carboxylic acids is 1. The number of nitrogens with one attached hydrogen (secondary N) is 2. The molecule has 1 atom stereocenters. The van der Waals surface area contributed by atoms with Crippen LogP contribution in [0, 0.1) is 11.2 Å². The number of halogens is 1. The van der Waals surface area contributed by atoms with E-state index in [1.165, 1.54) is 31.6 Å². The summed E-state index contributed by atoms with van der Waals surface area (Å²) in [5.41, 5.74) is 6.23. The number of ether oxygens (including phenoxy) is 2. The van der Waals surface area contributed by atoms with E-state index in [1.54, 1.807) is 24.3 Å². The largest absolute Gasteiger partial charge is 0.496 e. The number of nitrogens with zero attached hydrogens (tertiary/aromatic N) is 3. The lowest BCUT2D eigenvalue weighted by Crippen LogP contribution is -2.44. The molecule has 210 valence electrons. The molecule has 0 saturated heterocycles. The Morgan fingerprint density at radius 3 is 2.62 bits per heavy atom. The number of hydrogen-bond acceptors (Lipinski definition) is 9. The topological polar surface area (TPSA) is 158 Å². The van der Waals surface area contributed by atoms with E-state index >= 15 is 0 Å². The van der Waals surface area contributed by atoms with Crippen LogP contribution in [0.15, 0.2) is 48.8 Å². The number of aromatic nitrogens is 3. The third-order valence-electron chi connectivity index (χ3n) is 5.76. The van der Waals surface area contributed by atoms with Crippen LogP contribution in [0.3, 0.4) is 0 Å². The fraction of sp³-hybridized carbons (Fsp3) is 0.385. The molecule has 0 radical (unpaired) electrons. The van der Waals surface area contributed by atoms with Crippen molar-refractivity contribution >= 4 is 27.8 Å². The molecule has 0 saturated carbocycles. The molecular formula is C26H33FN6O5S. The first-order chi connectivity index (χ1) is 18.4. The molecule has 1 heterocycles. The molecule has 4 N–H and O–H groups in total. The molecule has 0 aliphatic carbocycles. The molecule has 0 aliphatic rings. The SMILES string of the molecule is COc1cc(F)ccc1-c1ncnc(Nc2cccc(CS(=O)(=O)NC(CCCOC(N)=O)C(C)(C)C)c2)n1. The van der Waals surface area contributed by atoms with Gasteiger partial charge >= 0.3 is 6.09 Å². The molecule has 39 heavy (non-hydrogen) atoms. The van der Waals surface area contributed by atoms with Gasteiger partial charge in [0.2, 0.25) is 16.0 Å². The van der Waals surface area contributed by atoms with Crippen molar-refractivity contribution in [3.8, 4) is 17.1 Å². The number of benzene rings is 2. The second kappa shape index (κ2) is 12.8. The van der Waals surface area contributed by atoms with E-state index in [1.807, 2.05) is 20.8 Å². The van der Waals surface area contributed by atoms with Crippen molar-refractivity contribution in [1.82, 2.24) is 19.7 Å². The standard InChI is InChI=1S/C26H33FN6O5S/c1-26(2,3)22(9-6-12-38-24(28)34)33-39(35,36)15-17-7-5-8-19(13-17)31-25-30-16-29-23(32-25)20-11-10-18(27)14-21(20)37-4/h5,7-8,10-11,13-14,16,22,33H,6,9,12,15H2,1-4H3,(H2,28,34)(H,29,30,31,32). The highest BCUT2D eigenvalue weighted by Crippen LogP contribution is 2.29. The molecule has 11 nitrogen and oxygen atoms in total. The summed E-state index contributed by atoms with van der Waals surface area (Å²) in [5.74, 6) is 0.0791. The Kier molecular flexibility index (Phi) is 9.76. The Morgan fingerprint density at radius 2 is 1.92 bits per heavy atom. The minimum Gasteiger partial charge on any atom is -0.496 e. The molecular weight excluding hydrogens is 527 g/mol. The number of rotatable bonds is 12. The average molecular weight is 561 g/mol. The van der Waals surface area contributed by atoms with Gasteiger partial charge in [0, 0.05) is 17.8 Å². The maximum atomic E-state index is 13.6. The van der Waals surface area contributed by atoms with E-state index in [9.17, 15) is 17.6 Å². The molecule has 0 bridgehead atoms. The number of sulfonamides is 1. The van der Waals surface area contributed by atoms with Crippen LogP contribution in [-0.4, -0.2) is 49.2 Å². The third kappa shape index (κ3) is 9.14. The number of nitrogens with two attached hydrogens (primary N) is 1. The van der Waals surface area contributed by atoms with E-state index in [2.05, 4.69) is 25.0 Å². The second-order valence-corrected chi connectivity index (χ2v) is 11.7. The van der Waals surface area contributed by atoms with Crippen molar-refractivity contribution in [3.63, 3.8) is 0 Å². The van der Waals surface area contributed by atoms with Gasteiger partial charge in [-0.25, -0.2) is 32.3 Å². The van der Waals surface area contributed by atoms with Crippen molar-refractivity contribution in [2.45, 2.75) is 45.4 Å². The summed E-state index contributed by atoms with van der Waals surface area (Å²) < 4.78 is 52.5. The van der Waals surface area contributed by atoms with Crippen molar-refractivity contribution in [2.24, 2.45) is 11.1 Å². The maximum Gasteiger partial charge on any atom is 0.404 e. The van der Waals surface area contributed by atoms with Gasteiger partial charge in [-0.1, -0.05) is 32.9 Å². The summed E-state index contributed by atoms with van der Waals surface area (Å²) in [5, 5.41) is 3.05. The van der Waals surface area contributed by atoms with Gasteiger partial charge in [0.05, 0.1) is 25.0 Å². The van der Waals surface area contributed by atoms with E-state index in [0.29, 0.717) is 29.7 Å². The first-order valence-corrected chi connectivity index (χ1v) is 13.8. The van der Waals surface area contributed by atoms with Gasteiger partial charge < -0.3 is 20.5 Å². The number of hydrogen-bond donors (Lipinski definition) is 3.